The minimum Gasteiger partial charge on any atom is -0.492 e. The third-order valence-corrected chi connectivity index (χ3v) is 4.64. The summed E-state index contributed by atoms with van der Waals surface area (Å²) in [5.74, 6) is 1.16. The average Bonchev–Trinajstić information content (AvgIpc) is 2.81. The van der Waals surface area contributed by atoms with Gasteiger partial charge in [-0.15, -0.1) is 0 Å². The summed E-state index contributed by atoms with van der Waals surface area (Å²) in [5, 5.41) is 29.5. The van der Waals surface area contributed by atoms with Crippen LogP contribution in [0.1, 0.15) is 50.3 Å². The summed E-state index contributed by atoms with van der Waals surface area (Å²) < 4.78 is 1.81. The number of aromatic nitrogens is 3. The zero-order chi connectivity index (χ0) is 15.7. The molecule has 0 aliphatic heterocycles. The molecule has 5 N–H and O–H groups in total. The highest BCUT2D eigenvalue weighted by Crippen LogP contribution is 2.36. The molecule has 2 heterocycles. The standard InChI is InChI=1S/C15H22N4O3/c16-12-11-14(21)18-13(19(11)8-7-17-12)10-3-1-5-15(22,9-20)6-2-4-10/h7-8,10,20-22H,1-6,9H2,(H2,16,17). The number of hydrogen-bond acceptors (Lipinski definition) is 6. The van der Waals surface area contributed by atoms with Crippen molar-refractivity contribution in [2.24, 2.45) is 0 Å². The average molecular weight is 306 g/mol. The van der Waals surface area contributed by atoms with E-state index in [-0.39, 0.29) is 24.2 Å². The van der Waals surface area contributed by atoms with E-state index in [4.69, 9.17) is 5.73 Å². The Bertz CT molecular complexity index is 660. The summed E-state index contributed by atoms with van der Waals surface area (Å²) in [6, 6.07) is 0. The van der Waals surface area contributed by atoms with Gasteiger partial charge in [0.1, 0.15) is 5.82 Å². The number of aliphatic hydroxyl groups excluding tert-OH is 1. The highest BCUT2D eigenvalue weighted by atomic mass is 16.3. The van der Waals surface area contributed by atoms with Gasteiger partial charge in [-0.1, -0.05) is 0 Å². The molecule has 120 valence electrons. The van der Waals surface area contributed by atoms with Crippen molar-refractivity contribution in [1.29, 1.82) is 0 Å². The van der Waals surface area contributed by atoms with Gasteiger partial charge in [0.25, 0.3) is 0 Å². The lowest BCUT2D eigenvalue weighted by molar-refractivity contribution is -0.0350. The van der Waals surface area contributed by atoms with E-state index < -0.39 is 5.60 Å². The van der Waals surface area contributed by atoms with Gasteiger partial charge in [-0.05, 0) is 38.5 Å². The molecule has 1 fully saturated rings. The van der Waals surface area contributed by atoms with Crippen LogP contribution in [0.15, 0.2) is 12.4 Å². The van der Waals surface area contributed by atoms with E-state index in [0.29, 0.717) is 18.4 Å². The van der Waals surface area contributed by atoms with E-state index >= 15 is 0 Å². The summed E-state index contributed by atoms with van der Waals surface area (Å²) in [4.78, 5) is 8.28. The second kappa shape index (κ2) is 5.73. The van der Waals surface area contributed by atoms with Gasteiger partial charge in [-0.2, -0.15) is 4.98 Å². The SMILES string of the molecule is Nc1nccn2c(C3CCCC(O)(CO)CCC3)nc(O)c12. The number of nitrogen functional groups attached to an aromatic ring is 1. The monoisotopic (exact) mass is 306 g/mol. The van der Waals surface area contributed by atoms with Gasteiger partial charge in [0.05, 0.1) is 12.2 Å². The smallest absolute Gasteiger partial charge is 0.241 e. The van der Waals surface area contributed by atoms with Crippen LogP contribution in [0.3, 0.4) is 0 Å². The van der Waals surface area contributed by atoms with Crippen molar-refractivity contribution in [1.82, 2.24) is 14.4 Å². The van der Waals surface area contributed by atoms with Gasteiger partial charge in [-0.25, -0.2) is 4.98 Å². The van der Waals surface area contributed by atoms with Crippen molar-refractivity contribution in [3.05, 3.63) is 18.2 Å². The van der Waals surface area contributed by atoms with Crippen molar-refractivity contribution in [2.75, 3.05) is 12.3 Å². The Morgan fingerprint density at radius 1 is 1.32 bits per heavy atom. The van der Waals surface area contributed by atoms with E-state index in [2.05, 4.69) is 9.97 Å². The van der Waals surface area contributed by atoms with Crippen molar-refractivity contribution in [3.8, 4) is 5.88 Å². The van der Waals surface area contributed by atoms with Crippen molar-refractivity contribution in [3.63, 3.8) is 0 Å². The number of fused-ring (bicyclic) bond motifs is 1. The van der Waals surface area contributed by atoms with Gasteiger partial charge < -0.3 is 21.1 Å². The van der Waals surface area contributed by atoms with Crippen LogP contribution in [-0.4, -0.2) is 41.9 Å². The van der Waals surface area contributed by atoms with Crippen LogP contribution in [-0.2, 0) is 0 Å². The first kappa shape index (κ1) is 15.1. The largest absolute Gasteiger partial charge is 0.492 e. The number of anilines is 1. The molecule has 1 aliphatic carbocycles. The molecule has 0 unspecified atom stereocenters. The molecule has 0 radical (unpaired) electrons. The number of aromatic hydroxyl groups is 1. The molecule has 1 saturated carbocycles. The summed E-state index contributed by atoms with van der Waals surface area (Å²) >= 11 is 0. The maximum atomic E-state index is 10.2. The third-order valence-electron chi connectivity index (χ3n) is 4.64. The molecular weight excluding hydrogens is 284 g/mol. The molecule has 3 rings (SSSR count). The fourth-order valence-electron chi connectivity index (χ4n) is 3.40. The number of imidazole rings is 1. The Morgan fingerprint density at radius 3 is 2.64 bits per heavy atom. The van der Waals surface area contributed by atoms with Gasteiger partial charge in [0, 0.05) is 18.3 Å². The zero-order valence-electron chi connectivity index (χ0n) is 12.4. The molecule has 0 aromatic carbocycles. The number of aliphatic hydroxyl groups is 2. The molecular formula is C15H22N4O3. The maximum Gasteiger partial charge on any atom is 0.241 e. The van der Waals surface area contributed by atoms with Crippen LogP contribution >= 0.6 is 0 Å². The molecule has 1 aliphatic rings. The van der Waals surface area contributed by atoms with Crippen LogP contribution in [0, 0.1) is 0 Å². The second-order valence-corrected chi connectivity index (χ2v) is 6.19. The Hall–Kier alpha value is -1.86. The highest BCUT2D eigenvalue weighted by Gasteiger charge is 2.30. The Kier molecular flexibility index (Phi) is 3.92. The third kappa shape index (κ3) is 2.62. The Morgan fingerprint density at radius 2 is 2.00 bits per heavy atom. The summed E-state index contributed by atoms with van der Waals surface area (Å²) in [5.41, 5.74) is 5.32. The van der Waals surface area contributed by atoms with E-state index in [9.17, 15) is 15.3 Å². The van der Waals surface area contributed by atoms with Crippen LogP contribution in [0.25, 0.3) is 5.52 Å². The first-order valence-electron chi connectivity index (χ1n) is 7.69. The minimum absolute atomic E-state index is 0.0884. The number of nitrogens with zero attached hydrogens (tertiary/aromatic N) is 3. The van der Waals surface area contributed by atoms with E-state index in [1.54, 1.807) is 12.4 Å². The Balaban J connectivity index is 1.88. The Labute approximate surface area is 128 Å². The van der Waals surface area contributed by atoms with Crippen LogP contribution in [0.5, 0.6) is 5.88 Å². The predicted octanol–water partition coefficient (Wildman–Crippen LogP) is 1.18. The number of rotatable bonds is 2. The summed E-state index contributed by atoms with van der Waals surface area (Å²) in [6.45, 7) is -0.188. The van der Waals surface area contributed by atoms with Crippen LogP contribution < -0.4 is 5.73 Å². The molecule has 0 amide bonds. The van der Waals surface area contributed by atoms with Crippen molar-refractivity contribution in [2.45, 2.75) is 50.0 Å². The fourth-order valence-corrected chi connectivity index (χ4v) is 3.40. The molecule has 0 spiro atoms. The minimum atomic E-state index is -0.948. The number of hydrogen-bond donors (Lipinski definition) is 4. The van der Waals surface area contributed by atoms with Crippen molar-refractivity contribution >= 4 is 11.3 Å². The molecule has 0 saturated heterocycles. The van der Waals surface area contributed by atoms with Gasteiger partial charge in [0.15, 0.2) is 11.3 Å². The predicted molar refractivity (Wildman–Crippen MR) is 81.5 cm³/mol. The molecule has 22 heavy (non-hydrogen) atoms. The zero-order valence-corrected chi connectivity index (χ0v) is 12.4. The lowest BCUT2D eigenvalue weighted by Crippen LogP contribution is -2.34. The summed E-state index contributed by atoms with van der Waals surface area (Å²) in [6.07, 6.45) is 7.83. The summed E-state index contributed by atoms with van der Waals surface area (Å²) in [7, 11) is 0. The molecule has 7 nitrogen and oxygen atoms in total. The second-order valence-electron chi connectivity index (χ2n) is 6.19. The first-order chi connectivity index (χ1) is 10.5. The molecule has 2 aromatic heterocycles. The molecule has 7 heteroatoms. The van der Waals surface area contributed by atoms with E-state index in [0.717, 1.165) is 31.5 Å². The van der Waals surface area contributed by atoms with Gasteiger partial charge in [0.2, 0.25) is 5.88 Å². The molecule has 0 atom stereocenters. The van der Waals surface area contributed by atoms with Crippen molar-refractivity contribution < 1.29 is 15.3 Å². The van der Waals surface area contributed by atoms with E-state index in [1.165, 1.54) is 0 Å². The van der Waals surface area contributed by atoms with E-state index in [1.807, 2.05) is 4.40 Å². The van der Waals surface area contributed by atoms with Crippen LogP contribution in [0.2, 0.25) is 0 Å². The normalized spacial score (nSPS) is 26.7. The number of nitrogens with two attached hydrogens (primary N) is 1. The van der Waals surface area contributed by atoms with Gasteiger partial charge >= 0.3 is 0 Å². The first-order valence-corrected chi connectivity index (χ1v) is 7.69. The fraction of sp³-hybridized carbons (Fsp3) is 0.600. The highest BCUT2D eigenvalue weighted by molar-refractivity contribution is 5.72. The van der Waals surface area contributed by atoms with Crippen LogP contribution in [0.4, 0.5) is 5.82 Å². The topological polar surface area (TPSA) is 117 Å². The maximum absolute atomic E-state index is 10.2. The molecule has 2 aromatic rings. The molecule has 0 bridgehead atoms. The van der Waals surface area contributed by atoms with Gasteiger partial charge in [-0.3, -0.25) is 4.40 Å². The lowest BCUT2D eigenvalue weighted by atomic mass is 9.83. The quantitative estimate of drug-likeness (QED) is 0.662. The lowest BCUT2D eigenvalue weighted by Gasteiger charge is -2.30.